The lowest BCUT2D eigenvalue weighted by molar-refractivity contribution is 0.389. The van der Waals surface area contributed by atoms with Gasteiger partial charge in [-0.15, -0.1) is 0 Å². The lowest BCUT2D eigenvalue weighted by Crippen LogP contribution is -2.25. The molecule has 0 aliphatic carbocycles. The van der Waals surface area contributed by atoms with Crippen molar-refractivity contribution in [3.8, 4) is 5.75 Å². The first-order valence-corrected chi connectivity index (χ1v) is 7.30. The van der Waals surface area contributed by atoms with Gasteiger partial charge in [-0.1, -0.05) is 43.3 Å². The van der Waals surface area contributed by atoms with E-state index in [4.69, 9.17) is 4.74 Å². The van der Waals surface area contributed by atoms with Crippen molar-refractivity contribution in [2.24, 2.45) is 0 Å². The van der Waals surface area contributed by atoms with Crippen molar-refractivity contribution in [3.63, 3.8) is 0 Å². The van der Waals surface area contributed by atoms with Crippen molar-refractivity contribution in [2.75, 3.05) is 7.11 Å². The van der Waals surface area contributed by atoms with Gasteiger partial charge >= 0.3 is 0 Å². The number of methoxy groups -OCH3 is 1. The van der Waals surface area contributed by atoms with Crippen LogP contribution in [0.5, 0.6) is 5.75 Å². The first kappa shape index (κ1) is 15.5. The molecule has 2 aromatic carbocycles. The van der Waals surface area contributed by atoms with Crippen LogP contribution in [0.1, 0.15) is 43.5 Å². The van der Waals surface area contributed by atoms with Gasteiger partial charge in [0.2, 0.25) is 0 Å². The summed E-state index contributed by atoms with van der Waals surface area (Å²) < 4.78 is 19.4. The molecule has 0 radical (unpaired) electrons. The zero-order chi connectivity index (χ0) is 15.2. The van der Waals surface area contributed by atoms with Crippen molar-refractivity contribution < 1.29 is 9.13 Å². The lowest BCUT2D eigenvalue weighted by atomic mass is 10.0. The maximum absolute atomic E-state index is 14.0. The summed E-state index contributed by atoms with van der Waals surface area (Å²) in [6.45, 7) is 4.13. The van der Waals surface area contributed by atoms with Crippen LogP contribution in [-0.4, -0.2) is 7.11 Å². The standard InChI is InChI=1S/C18H22FNO/c1-4-17(15-10-5-7-11-16(15)19)20-13(2)14-9-6-8-12-18(14)21-3/h5-13,17,20H,4H2,1-3H3. The highest BCUT2D eigenvalue weighted by Gasteiger charge is 2.18. The van der Waals surface area contributed by atoms with Gasteiger partial charge in [-0.2, -0.15) is 0 Å². The molecule has 0 saturated heterocycles. The molecule has 2 rings (SSSR count). The van der Waals surface area contributed by atoms with Crippen molar-refractivity contribution in [1.29, 1.82) is 0 Å². The summed E-state index contributed by atoms with van der Waals surface area (Å²) in [5.74, 6) is 0.685. The molecule has 0 heterocycles. The Balaban J connectivity index is 2.20. The Morgan fingerprint density at radius 3 is 2.29 bits per heavy atom. The molecular weight excluding hydrogens is 265 g/mol. The average molecular weight is 287 g/mol. The molecule has 3 heteroatoms. The molecule has 0 aliphatic rings. The van der Waals surface area contributed by atoms with E-state index >= 15 is 0 Å². The van der Waals surface area contributed by atoms with Gasteiger partial charge in [0.05, 0.1) is 7.11 Å². The summed E-state index contributed by atoms with van der Waals surface area (Å²) in [6, 6.07) is 14.9. The Kier molecular flexibility index (Phi) is 5.34. The summed E-state index contributed by atoms with van der Waals surface area (Å²) in [5, 5.41) is 3.49. The normalized spacial score (nSPS) is 13.7. The van der Waals surface area contributed by atoms with Crippen molar-refractivity contribution in [2.45, 2.75) is 32.4 Å². The first-order chi connectivity index (χ1) is 10.2. The van der Waals surface area contributed by atoms with Crippen LogP contribution in [0.2, 0.25) is 0 Å². The van der Waals surface area contributed by atoms with E-state index in [1.807, 2.05) is 36.4 Å². The SMILES string of the molecule is CCC(NC(C)c1ccccc1OC)c1ccccc1F. The minimum absolute atomic E-state index is 0.0221. The Bertz CT molecular complexity index is 585. The van der Waals surface area contributed by atoms with E-state index < -0.39 is 0 Å². The molecule has 21 heavy (non-hydrogen) atoms. The summed E-state index contributed by atoms with van der Waals surface area (Å²) in [5.41, 5.74) is 1.79. The zero-order valence-electron chi connectivity index (χ0n) is 12.8. The highest BCUT2D eigenvalue weighted by atomic mass is 19.1. The molecule has 0 aromatic heterocycles. The van der Waals surface area contributed by atoms with Crippen molar-refractivity contribution in [3.05, 3.63) is 65.5 Å². The zero-order valence-corrected chi connectivity index (χ0v) is 12.8. The first-order valence-electron chi connectivity index (χ1n) is 7.30. The molecular formula is C18H22FNO. The fourth-order valence-electron chi connectivity index (χ4n) is 2.60. The van der Waals surface area contributed by atoms with E-state index in [-0.39, 0.29) is 17.9 Å². The summed E-state index contributed by atoms with van der Waals surface area (Å²) >= 11 is 0. The number of benzene rings is 2. The number of para-hydroxylation sites is 1. The fraction of sp³-hybridized carbons (Fsp3) is 0.333. The molecule has 112 valence electrons. The third-order valence-electron chi connectivity index (χ3n) is 3.75. The number of hydrogen-bond acceptors (Lipinski definition) is 2. The van der Waals surface area contributed by atoms with Gasteiger partial charge in [0.1, 0.15) is 11.6 Å². The number of hydrogen-bond donors (Lipinski definition) is 1. The second-order valence-corrected chi connectivity index (χ2v) is 5.11. The highest BCUT2D eigenvalue weighted by molar-refractivity contribution is 5.36. The van der Waals surface area contributed by atoms with E-state index in [0.717, 1.165) is 17.7 Å². The summed E-state index contributed by atoms with van der Waals surface area (Å²) in [4.78, 5) is 0. The number of nitrogens with one attached hydrogen (secondary N) is 1. The molecule has 0 saturated carbocycles. The van der Waals surface area contributed by atoms with E-state index in [9.17, 15) is 4.39 Å². The third-order valence-corrected chi connectivity index (χ3v) is 3.75. The van der Waals surface area contributed by atoms with Crippen molar-refractivity contribution >= 4 is 0 Å². The van der Waals surface area contributed by atoms with Gasteiger partial charge in [-0.05, 0) is 25.5 Å². The Hall–Kier alpha value is -1.87. The maximum atomic E-state index is 14.0. The van der Waals surface area contributed by atoms with Crippen LogP contribution in [0, 0.1) is 5.82 Å². The van der Waals surface area contributed by atoms with Crippen LogP contribution in [0.3, 0.4) is 0 Å². The lowest BCUT2D eigenvalue weighted by Gasteiger charge is -2.24. The molecule has 0 aliphatic heterocycles. The summed E-state index contributed by atoms with van der Waals surface area (Å²) in [7, 11) is 1.67. The minimum Gasteiger partial charge on any atom is -0.496 e. The predicted octanol–water partition coefficient (Wildman–Crippen LogP) is 4.64. The monoisotopic (exact) mass is 287 g/mol. The molecule has 0 spiro atoms. The summed E-state index contributed by atoms with van der Waals surface area (Å²) in [6.07, 6.45) is 0.820. The van der Waals surface area contributed by atoms with Crippen LogP contribution in [-0.2, 0) is 0 Å². The van der Waals surface area contributed by atoms with Gasteiger partial charge in [-0.3, -0.25) is 0 Å². The topological polar surface area (TPSA) is 21.3 Å². The molecule has 0 bridgehead atoms. The maximum Gasteiger partial charge on any atom is 0.127 e. The average Bonchev–Trinajstić information content (AvgIpc) is 2.53. The van der Waals surface area contributed by atoms with Crippen molar-refractivity contribution in [1.82, 2.24) is 5.32 Å². The second-order valence-electron chi connectivity index (χ2n) is 5.11. The van der Waals surface area contributed by atoms with E-state index in [0.29, 0.717) is 5.56 Å². The van der Waals surface area contributed by atoms with Gasteiger partial charge < -0.3 is 10.1 Å². The Morgan fingerprint density at radius 1 is 1.05 bits per heavy atom. The fourth-order valence-corrected chi connectivity index (χ4v) is 2.60. The number of ether oxygens (including phenoxy) is 1. The van der Waals surface area contributed by atoms with Gasteiger partial charge in [0.25, 0.3) is 0 Å². The predicted molar refractivity (Wildman–Crippen MR) is 84.0 cm³/mol. The van der Waals surface area contributed by atoms with Gasteiger partial charge in [0, 0.05) is 23.2 Å². The van der Waals surface area contributed by atoms with Crippen LogP contribution < -0.4 is 10.1 Å². The second kappa shape index (κ2) is 7.23. The molecule has 0 fully saturated rings. The molecule has 0 amide bonds. The largest absolute Gasteiger partial charge is 0.496 e. The molecule has 2 unspecified atom stereocenters. The van der Waals surface area contributed by atoms with Crippen LogP contribution in [0.25, 0.3) is 0 Å². The van der Waals surface area contributed by atoms with Crippen LogP contribution in [0.4, 0.5) is 4.39 Å². The number of halogens is 1. The Morgan fingerprint density at radius 2 is 1.67 bits per heavy atom. The molecule has 2 atom stereocenters. The molecule has 2 nitrogen and oxygen atoms in total. The van der Waals surface area contributed by atoms with Crippen LogP contribution in [0.15, 0.2) is 48.5 Å². The minimum atomic E-state index is -0.163. The van der Waals surface area contributed by atoms with E-state index in [1.54, 1.807) is 13.2 Å². The van der Waals surface area contributed by atoms with E-state index in [1.165, 1.54) is 6.07 Å². The van der Waals surface area contributed by atoms with Crippen LogP contribution >= 0.6 is 0 Å². The quantitative estimate of drug-likeness (QED) is 0.836. The molecule has 1 N–H and O–H groups in total. The third kappa shape index (κ3) is 3.61. The van der Waals surface area contributed by atoms with Gasteiger partial charge in [-0.25, -0.2) is 4.39 Å². The molecule has 2 aromatic rings. The highest BCUT2D eigenvalue weighted by Crippen LogP contribution is 2.28. The number of rotatable bonds is 6. The smallest absolute Gasteiger partial charge is 0.127 e. The van der Waals surface area contributed by atoms with Gasteiger partial charge in [0.15, 0.2) is 0 Å². The van der Waals surface area contributed by atoms with E-state index in [2.05, 4.69) is 19.2 Å². The Labute approximate surface area is 126 Å².